The van der Waals surface area contributed by atoms with Crippen molar-refractivity contribution in [3.8, 4) is 0 Å². The number of carbonyl (C=O) groups is 1. The minimum Gasteiger partial charge on any atom is -0.294 e. The van der Waals surface area contributed by atoms with Crippen molar-refractivity contribution >= 4 is 59.8 Å². The van der Waals surface area contributed by atoms with Crippen LogP contribution in [0.2, 0.25) is 0 Å². The number of hydrogen-bond acceptors (Lipinski definition) is 4. The van der Waals surface area contributed by atoms with Crippen molar-refractivity contribution in [2.45, 2.75) is 0 Å². The summed E-state index contributed by atoms with van der Waals surface area (Å²) in [6, 6.07) is 1.85. The van der Waals surface area contributed by atoms with Gasteiger partial charge in [-0.1, -0.05) is 0 Å². The summed E-state index contributed by atoms with van der Waals surface area (Å²) in [5, 5.41) is 0. The molecule has 1 aliphatic heterocycles. The van der Waals surface area contributed by atoms with Gasteiger partial charge in [0.25, 0.3) is 0 Å². The van der Waals surface area contributed by atoms with Crippen LogP contribution in [0.4, 0.5) is 0 Å². The lowest BCUT2D eigenvalue weighted by Gasteiger charge is -2.25. The molecule has 1 fully saturated rings. The lowest BCUT2D eigenvalue weighted by molar-refractivity contribution is 0.0936. The van der Waals surface area contributed by atoms with Gasteiger partial charge in [0.2, 0.25) is 0 Å². The van der Waals surface area contributed by atoms with E-state index in [9.17, 15) is 9.00 Å². The highest BCUT2D eigenvalue weighted by Crippen LogP contribution is 2.32. The Bertz CT molecular complexity index is 451. The van der Waals surface area contributed by atoms with E-state index in [-0.39, 0.29) is 5.78 Å². The Balaban J connectivity index is 1.97. The quantitative estimate of drug-likeness (QED) is 0.731. The lowest BCUT2D eigenvalue weighted by Crippen LogP contribution is -2.40. The molecule has 0 bridgehead atoms. The van der Waals surface area contributed by atoms with Gasteiger partial charge in [0, 0.05) is 41.0 Å². The molecule has 0 amide bonds. The fourth-order valence-corrected chi connectivity index (χ4v) is 5.64. The number of ketones is 1. The fourth-order valence-electron chi connectivity index (χ4n) is 1.65. The molecular formula is C10H11Br2NO2S2. The van der Waals surface area contributed by atoms with Gasteiger partial charge in [0.1, 0.15) is 0 Å². The largest absolute Gasteiger partial charge is 0.294 e. The molecule has 1 aromatic heterocycles. The molecular weight excluding hydrogens is 390 g/mol. The van der Waals surface area contributed by atoms with Crippen LogP contribution in [0.5, 0.6) is 0 Å². The molecule has 0 N–H and O–H groups in total. The van der Waals surface area contributed by atoms with Crippen LogP contribution >= 0.6 is 43.2 Å². The molecule has 2 rings (SSSR count). The summed E-state index contributed by atoms with van der Waals surface area (Å²) in [7, 11) is -0.688. The Hall–Kier alpha value is 0.440. The zero-order valence-electron chi connectivity index (χ0n) is 8.95. The van der Waals surface area contributed by atoms with E-state index in [1.807, 2.05) is 6.07 Å². The van der Waals surface area contributed by atoms with Crippen molar-refractivity contribution in [1.29, 1.82) is 0 Å². The summed E-state index contributed by atoms with van der Waals surface area (Å²) < 4.78 is 13.0. The van der Waals surface area contributed by atoms with Crippen molar-refractivity contribution in [3.05, 3.63) is 19.2 Å². The summed E-state index contributed by atoms with van der Waals surface area (Å²) >= 11 is 8.26. The fraction of sp³-hybridized carbons (Fsp3) is 0.500. The van der Waals surface area contributed by atoms with Gasteiger partial charge in [-0.05, 0) is 37.9 Å². The van der Waals surface area contributed by atoms with E-state index in [1.54, 1.807) is 0 Å². The minimum atomic E-state index is -0.688. The Kier molecular flexibility index (Phi) is 4.94. The van der Waals surface area contributed by atoms with Gasteiger partial charge >= 0.3 is 0 Å². The Morgan fingerprint density at radius 2 is 2.06 bits per heavy atom. The smallest absolute Gasteiger partial charge is 0.178 e. The molecule has 1 aromatic rings. The summed E-state index contributed by atoms with van der Waals surface area (Å²) in [4.78, 5) is 14.1. The topological polar surface area (TPSA) is 37.4 Å². The predicted octanol–water partition coefficient (Wildman–Crippen LogP) is 2.52. The van der Waals surface area contributed by atoms with Crippen LogP contribution in [0.15, 0.2) is 13.6 Å². The third-order valence-electron chi connectivity index (χ3n) is 2.59. The van der Waals surface area contributed by atoms with Gasteiger partial charge in [-0.3, -0.25) is 13.9 Å². The lowest BCUT2D eigenvalue weighted by atomic mass is 10.2. The monoisotopic (exact) mass is 399 g/mol. The highest BCUT2D eigenvalue weighted by molar-refractivity contribution is 9.12. The minimum absolute atomic E-state index is 0.117. The molecule has 3 nitrogen and oxygen atoms in total. The van der Waals surface area contributed by atoms with E-state index < -0.39 is 10.8 Å². The van der Waals surface area contributed by atoms with Gasteiger partial charge in [-0.15, -0.1) is 11.3 Å². The number of hydrogen-bond donors (Lipinski definition) is 0. The second kappa shape index (κ2) is 6.06. The molecule has 0 atom stereocenters. The number of nitrogens with zero attached hydrogens (tertiary/aromatic N) is 1. The van der Waals surface area contributed by atoms with Crippen molar-refractivity contribution in [3.63, 3.8) is 0 Å². The summed E-state index contributed by atoms with van der Waals surface area (Å²) in [5.74, 6) is 1.48. The van der Waals surface area contributed by atoms with Gasteiger partial charge < -0.3 is 0 Å². The Morgan fingerprint density at radius 3 is 2.59 bits per heavy atom. The van der Waals surface area contributed by atoms with Crippen molar-refractivity contribution < 1.29 is 9.00 Å². The molecule has 0 aliphatic carbocycles. The Morgan fingerprint density at radius 1 is 1.41 bits per heavy atom. The molecule has 0 aromatic carbocycles. The van der Waals surface area contributed by atoms with Gasteiger partial charge in [-0.2, -0.15) is 0 Å². The molecule has 0 unspecified atom stereocenters. The average Bonchev–Trinajstić information content (AvgIpc) is 2.61. The average molecular weight is 401 g/mol. The SMILES string of the molecule is O=C(CN1CCS(=O)CC1)c1cc(Br)sc1Br. The van der Waals surface area contributed by atoms with Crippen LogP contribution in [0, 0.1) is 0 Å². The molecule has 1 aliphatic rings. The van der Waals surface area contributed by atoms with Crippen molar-refractivity contribution in [2.24, 2.45) is 0 Å². The zero-order chi connectivity index (χ0) is 12.4. The molecule has 94 valence electrons. The maximum Gasteiger partial charge on any atom is 0.178 e. The molecule has 1 saturated heterocycles. The van der Waals surface area contributed by atoms with Crippen LogP contribution in [-0.4, -0.2) is 46.0 Å². The van der Waals surface area contributed by atoms with E-state index >= 15 is 0 Å². The first-order valence-corrected chi connectivity index (χ1v) is 9.00. The number of halogens is 2. The third-order valence-corrected chi connectivity index (χ3v) is 6.21. The molecule has 7 heteroatoms. The maximum atomic E-state index is 12.1. The third kappa shape index (κ3) is 3.70. The number of Topliss-reactive ketones (excluding diaryl/α,β-unsaturated/α-hetero) is 1. The summed E-state index contributed by atoms with van der Waals surface area (Å²) in [5.41, 5.74) is 0.730. The van der Waals surface area contributed by atoms with E-state index in [4.69, 9.17) is 0 Å². The number of rotatable bonds is 3. The van der Waals surface area contributed by atoms with Gasteiger partial charge in [0.05, 0.1) is 14.1 Å². The molecule has 17 heavy (non-hydrogen) atoms. The maximum absolute atomic E-state index is 12.1. The van der Waals surface area contributed by atoms with E-state index in [0.29, 0.717) is 18.1 Å². The zero-order valence-corrected chi connectivity index (χ0v) is 13.8. The Labute approximate surface area is 123 Å². The van der Waals surface area contributed by atoms with Crippen LogP contribution < -0.4 is 0 Å². The number of thiophene rings is 1. The van der Waals surface area contributed by atoms with Crippen LogP contribution in [-0.2, 0) is 10.8 Å². The molecule has 0 spiro atoms. The van der Waals surface area contributed by atoms with Crippen molar-refractivity contribution in [2.75, 3.05) is 31.1 Å². The first kappa shape index (κ1) is 13.9. The first-order chi connectivity index (χ1) is 8.06. The van der Waals surface area contributed by atoms with Crippen LogP contribution in [0.25, 0.3) is 0 Å². The van der Waals surface area contributed by atoms with Crippen LogP contribution in [0.1, 0.15) is 10.4 Å². The second-order valence-electron chi connectivity index (χ2n) is 3.79. The highest BCUT2D eigenvalue weighted by Gasteiger charge is 2.20. The summed E-state index contributed by atoms with van der Waals surface area (Å²) in [6.45, 7) is 1.92. The summed E-state index contributed by atoms with van der Waals surface area (Å²) in [6.07, 6.45) is 0. The second-order valence-corrected chi connectivity index (χ2v) is 9.23. The van der Waals surface area contributed by atoms with Gasteiger partial charge in [-0.25, -0.2) is 0 Å². The van der Waals surface area contributed by atoms with E-state index in [2.05, 4.69) is 36.8 Å². The van der Waals surface area contributed by atoms with Crippen molar-refractivity contribution in [1.82, 2.24) is 4.90 Å². The standard InChI is InChI=1S/C10H11Br2NO2S2/c11-9-5-7(10(12)16-9)8(14)6-13-1-3-17(15)4-2-13/h5H,1-4,6H2. The molecule has 0 saturated carbocycles. The number of carbonyl (C=O) groups excluding carboxylic acids is 1. The highest BCUT2D eigenvalue weighted by atomic mass is 79.9. The molecule has 2 heterocycles. The molecule has 0 radical (unpaired) electrons. The van der Waals surface area contributed by atoms with Crippen LogP contribution in [0.3, 0.4) is 0 Å². The van der Waals surface area contributed by atoms with Gasteiger partial charge in [0.15, 0.2) is 5.78 Å². The normalized spacial score (nSPS) is 18.5. The van der Waals surface area contributed by atoms with E-state index in [1.165, 1.54) is 11.3 Å². The first-order valence-electron chi connectivity index (χ1n) is 5.11. The predicted molar refractivity (Wildman–Crippen MR) is 78.4 cm³/mol. The van der Waals surface area contributed by atoms with E-state index in [0.717, 1.165) is 26.2 Å².